The first-order chi connectivity index (χ1) is 20.1. The number of aliphatic hydroxyl groups excluding tert-OH is 1. The van der Waals surface area contributed by atoms with Crippen molar-refractivity contribution in [3.8, 4) is 23.6 Å². The van der Waals surface area contributed by atoms with Crippen LogP contribution < -0.4 is 19.3 Å². The average Bonchev–Trinajstić information content (AvgIpc) is 2.90. The second kappa shape index (κ2) is 15.2. The molecule has 2 aliphatic heterocycles. The van der Waals surface area contributed by atoms with Gasteiger partial charge >= 0.3 is 0 Å². The lowest BCUT2D eigenvalue weighted by molar-refractivity contribution is 0.0782. The molecule has 2 aromatic carbocycles. The average molecular weight is 640 g/mol. The summed E-state index contributed by atoms with van der Waals surface area (Å²) in [6.07, 6.45) is -0.420. The number of ether oxygens (including phenoxy) is 4. The summed E-state index contributed by atoms with van der Waals surface area (Å²) >= 11 is 18.7. The number of benzene rings is 2. The van der Waals surface area contributed by atoms with E-state index in [4.69, 9.17) is 53.8 Å². The van der Waals surface area contributed by atoms with Crippen molar-refractivity contribution >= 4 is 46.2 Å². The maximum absolute atomic E-state index is 9.95. The molecule has 2 atom stereocenters. The third kappa shape index (κ3) is 7.11. The SMILES string of the molecule is CCOc1c(C(C)Cl)cc(Cl)c(C#N)c1N1CC(OC)C1.CCOc1c(C(C)O)cc(Cl)c(C#N)c1N1CC(OC)C1. The fraction of sp³-hybridized carbons (Fsp3) is 0.533. The van der Waals surface area contributed by atoms with Crippen molar-refractivity contribution in [2.75, 3.05) is 63.4 Å². The molecule has 2 aromatic rings. The van der Waals surface area contributed by atoms with E-state index in [1.807, 2.05) is 30.6 Å². The van der Waals surface area contributed by atoms with Gasteiger partial charge in [0.25, 0.3) is 0 Å². The number of hydrogen-bond acceptors (Lipinski definition) is 9. The Morgan fingerprint density at radius 3 is 1.52 bits per heavy atom. The molecule has 2 unspecified atom stereocenters. The first kappa shape index (κ1) is 33.9. The number of rotatable bonds is 10. The number of hydrogen-bond donors (Lipinski definition) is 1. The Bertz CT molecular complexity index is 1230. The molecule has 0 aliphatic carbocycles. The Balaban J connectivity index is 0.000000230. The summed E-state index contributed by atoms with van der Waals surface area (Å²) in [4.78, 5) is 4.04. The number of alkyl halides is 1. The van der Waals surface area contributed by atoms with Crippen LogP contribution in [0.5, 0.6) is 11.5 Å². The standard InChI is InChI=1S/C15H18Cl2N2O2.C15H19ClN2O3/c1-4-21-15-11(9(2)16)5-13(17)12(6-18)14(15)19-7-10(8-19)20-3;1-4-21-15-11(9(2)19)5-13(16)12(6-17)14(15)18-7-10(8-18)20-3/h5,9-10H,4,7-8H2,1-3H3;5,9-10,19H,4,7-8H2,1-3H3. The van der Waals surface area contributed by atoms with Crippen LogP contribution in [0.4, 0.5) is 11.4 Å². The molecule has 228 valence electrons. The van der Waals surface area contributed by atoms with E-state index in [0.29, 0.717) is 83.3 Å². The summed E-state index contributed by atoms with van der Waals surface area (Å²) < 4.78 is 22.0. The zero-order valence-electron chi connectivity index (χ0n) is 24.7. The van der Waals surface area contributed by atoms with Crippen molar-refractivity contribution in [2.24, 2.45) is 0 Å². The van der Waals surface area contributed by atoms with Gasteiger partial charge in [0.15, 0.2) is 0 Å². The molecule has 0 bridgehead atoms. The fourth-order valence-electron chi connectivity index (χ4n) is 4.83. The Labute approximate surface area is 263 Å². The maximum Gasteiger partial charge on any atom is 0.149 e. The van der Waals surface area contributed by atoms with Gasteiger partial charge in [-0.3, -0.25) is 0 Å². The minimum atomic E-state index is -0.727. The Hall–Kier alpha value is -2.63. The van der Waals surface area contributed by atoms with Crippen LogP contribution in [0, 0.1) is 22.7 Å². The summed E-state index contributed by atoms with van der Waals surface area (Å²) in [5.74, 6) is 1.18. The lowest BCUT2D eigenvalue weighted by Crippen LogP contribution is -2.52. The minimum absolute atomic E-state index is 0.139. The van der Waals surface area contributed by atoms with Gasteiger partial charge in [-0.05, 0) is 39.8 Å². The third-order valence-electron chi connectivity index (χ3n) is 7.15. The summed E-state index contributed by atoms with van der Waals surface area (Å²) in [6.45, 7) is 11.0. The predicted octanol–water partition coefficient (Wildman–Crippen LogP) is 6.24. The van der Waals surface area contributed by atoms with Gasteiger partial charge in [0, 0.05) is 51.5 Å². The summed E-state index contributed by atoms with van der Waals surface area (Å²) in [6, 6.07) is 7.63. The van der Waals surface area contributed by atoms with E-state index in [1.165, 1.54) is 0 Å². The van der Waals surface area contributed by atoms with Crippen molar-refractivity contribution in [1.29, 1.82) is 10.5 Å². The van der Waals surface area contributed by atoms with Gasteiger partial charge in [0.1, 0.15) is 23.6 Å². The Morgan fingerprint density at radius 2 is 1.21 bits per heavy atom. The molecule has 2 heterocycles. The highest BCUT2D eigenvalue weighted by atomic mass is 35.5. The van der Waals surface area contributed by atoms with E-state index in [1.54, 1.807) is 33.3 Å². The molecule has 2 saturated heterocycles. The van der Waals surface area contributed by atoms with Crippen molar-refractivity contribution < 1.29 is 24.1 Å². The summed E-state index contributed by atoms with van der Waals surface area (Å²) in [5, 5.41) is 29.3. The van der Waals surface area contributed by atoms with Gasteiger partial charge in [-0.25, -0.2) is 0 Å². The van der Waals surface area contributed by atoms with Crippen LogP contribution in [0.3, 0.4) is 0 Å². The molecule has 1 N–H and O–H groups in total. The van der Waals surface area contributed by atoms with Crippen LogP contribution in [-0.2, 0) is 9.47 Å². The number of nitrogens with zero attached hydrogens (tertiary/aromatic N) is 4. The lowest BCUT2D eigenvalue weighted by atomic mass is 10.00. The Kier molecular flexibility index (Phi) is 12.3. The highest BCUT2D eigenvalue weighted by molar-refractivity contribution is 6.33. The van der Waals surface area contributed by atoms with Crippen LogP contribution in [0.25, 0.3) is 0 Å². The minimum Gasteiger partial charge on any atom is -0.491 e. The number of anilines is 2. The monoisotopic (exact) mass is 638 g/mol. The molecule has 4 rings (SSSR count). The van der Waals surface area contributed by atoms with Crippen LogP contribution in [0.15, 0.2) is 12.1 Å². The van der Waals surface area contributed by atoms with E-state index in [9.17, 15) is 15.6 Å². The molecule has 0 saturated carbocycles. The molecule has 0 aromatic heterocycles. The molecule has 2 aliphatic rings. The first-order valence-electron chi connectivity index (χ1n) is 13.7. The summed E-state index contributed by atoms with van der Waals surface area (Å²) in [7, 11) is 3.34. The summed E-state index contributed by atoms with van der Waals surface area (Å²) in [5.41, 5.74) is 3.57. The Morgan fingerprint density at radius 1 is 0.833 bits per heavy atom. The van der Waals surface area contributed by atoms with Gasteiger partial charge in [0.2, 0.25) is 0 Å². The predicted molar refractivity (Wildman–Crippen MR) is 166 cm³/mol. The van der Waals surface area contributed by atoms with Crippen molar-refractivity contribution in [1.82, 2.24) is 0 Å². The maximum atomic E-state index is 9.95. The lowest BCUT2D eigenvalue weighted by Gasteiger charge is -2.41. The molecular formula is C30H37Cl3N4O5. The second-order valence-corrected chi connectivity index (χ2v) is 11.4. The molecule has 42 heavy (non-hydrogen) atoms. The number of halogens is 3. The van der Waals surface area contributed by atoms with Gasteiger partial charge in [-0.15, -0.1) is 11.6 Å². The van der Waals surface area contributed by atoms with Crippen molar-refractivity contribution in [2.45, 2.75) is 51.4 Å². The third-order valence-corrected chi connectivity index (χ3v) is 7.98. The van der Waals surface area contributed by atoms with Crippen LogP contribution in [0.1, 0.15) is 61.4 Å². The first-order valence-corrected chi connectivity index (χ1v) is 14.9. The van der Waals surface area contributed by atoms with E-state index >= 15 is 0 Å². The molecule has 0 radical (unpaired) electrons. The smallest absolute Gasteiger partial charge is 0.149 e. The zero-order chi connectivity index (χ0) is 31.1. The van der Waals surface area contributed by atoms with Crippen molar-refractivity contribution in [3.63, 3.8) is 0 Å². The van der Waals surface area contributed by atoms with E-state index in [0.717, 1.165) is 11.3 Å². The molecule has 12 heteroatoms. The zero-order valence-corrected chi connectivity index (χ0v) is 27.0. The van der Waals surface area contributed by atoms with Crippen molar-refractivity contribution in [3.05, 3.63) is 44.4 Å². The molecule has 2 fully saturated rings. The highest BCUT2D eigenvalue weighted by Gasteiger charge is 2.34. The van der Waals surface area contributed by atoms with E-state index in [-0.39, 0.29) is 17.6 Å². The quantitative estimate of drug-likeness (QED) is 0.302. The van der Waals surface area contributed by atoms with E-state index < -0.39 is 6.10 Å². The van der Waals surface area contributed by atoms with Gasteiger partial charge in [-0.1, -0.05) is 23.2 Å². The number of methoxy groups -OCH3 is 2. The molecule has 0 amide bonds. The molecule has 9 nitrogen and oxygen atoms in total. The van der Waals surface area contributed by atoms with Crippen LogP contribution >= 0.6 is 34.8 Å². The van der Waals surface area contributed by atoms with Crippen LogP contribution in [0.2, 0.25) is 10.0 Å². The normalized spacial score (nSPS) is 16.3. The van der Waals surface area contributed by atoms with Gasteiger partial charge in [0.05, 0.1) is 69.4 Å². The number of aliphatic hydroxyl groups is 1. The molecular weight excluding hydrogens is 603 g/mol. The number of nitriles is 2. The fourth-order valence-corrected chi connectivity index (χ4v) is 5.49. The van der Waals surface area contributed by atoms with Gasteiger partial charge in [-0.2, -0.15) is 10.5 Å². The van der Waals surface area contributed by atoms with Gasteiger partial charge < -0.3 is 33.9 Å². The largest absolute Gasteiger partial charge is 0.491 e. The topological polar surface area (TPSA) is 111 Å². The highest BCUT2D eigenvalue weighted by Crippen LogP contribution is 2.46. The molecule has 0 spiro atoms. The van der Waals surface area contributed by atoms with Crippen LogP contribution in [-0.4, -0.2) is 70.9 Å². The second-order valence-electron chi connectivity index (χ2n) is 9.91. The van der Waals surface area contributed by atoms with E-state index in [2.05, 4.69) is 12.1 Å².